The maximum absolute atomic E-state index is 13.6. The highest BCUT2D eigenvalue weighted by molar-refractivity contribution is 7.92. The number of hydrogen-bond donors (Lipinski definition) is 1. The molecule has 0 bridgehead atoms. The number of benzene rings is 2. The molecular formula is C30H43N3O5S. The van der Waals surface area contributed by atoms with Crippen molar-refractivity contribution in [1.82, 2.24) is 10.2 Å². The maximum atomic E-state index is 13.6. The Kier molecular flexibility index (Phi) is 10.8. The van der Waals surface area contributed by atoms with Crippen molar-refractivity contribution in [3.8, 4) is 5.75 Å². The second kappa shape index (κ2) is 13.8. The largest absolute Gasteiger partial charge is 0.497 e. The molecule has 1 aliphatic carbocycles. The number of nitrogens with zero attached hydrogens (tertiary/aromatic N) is 2. The normalized spacial score (nSPS) is 14.9. The van der Waals surface area contributed by atoms with Crippen LogP contribution in [0.15, 0.2) is 42.5 Å². The quantitative estimate of drug-likeness (QED) is 0.407. The highest BCUT2D eigenvalue weighted by atomic mass is 32.2. The summed E-state index contributed by atoms with van der Waals surface area (Å²) in [4.78, 5) is 28.4. The number of anilines is 1. The number of aryl methyl sites for hydroxylation is 2. The van der Waals surface area contributed by atoms with Gasteiger partial charge in [-0.1, -0.05) is 37.5 Å². The number of carbonyl (C=O) groups is 2. The molecule has 0 heterocycles. The molecule has 1 aliphatic rings. The highest BCUT2D eigenvalue weighted by Crippen LogP contribution is 2.23. The van der Waals surface area contributed by atoms with Gasteiger partial charge in [-0.2, -0.15) is 0 Å². The molecule has 0 aromatic heterocycles. The van der Waals surface area contributed by atoms with E-state index in [0.29, 0.717) is 17.9 Å². The standard InChI is InChI=1S/C30H43N3O5S/c1-22-17-23(2)19-27(18-22)33(39(5,36)37)16-10-15-29(34)32(21-25-11-9-14-28(20-25)38-4)24(3)30(35)31-26-12-7-6-8-13-26/h9,11,14,17-20,24,26H,6-8,10,12-13,15-16,21H2,1-5H3,(H,31,35)/t24-/m1/s1. The SMILES string of the molecule is COc1cccc(CN(C(=O)CCCN(c2cc(C)cc(C)c2)S(C)(=O)=O)[C@H](C)C(=O)NC2CCCCC2)c1. The van der Waals surface area contributed by atoms with Gasteiger partial charge in [-0.25, -0.2) is 8.42 Å². The first-order chi connectivity index (χ1) is 18.5. The van der Waals surface area contributed by atoms with Gasteiger partial charge in [0.15, 0.2) is 0 Å². The van der Waals surface area contributed by atoms with Crippen LogP contribution < -0.4 is 14.4 Å². The van der Waals surface area contributed by atoms with Crippen LogP contribution in [0, 0.1) is 13.8 Å². The zero-order valence-electron chi connectivity index (χ0n) is 23.9. The molecule has 0 aliphatic heterocycles. The van der Waals surface area contributed by atoms with Crippen molar-refractivity contribution in [1.29, 1.82) is 0 Å². The third-order valence-corrected chi connectivity index (χ3v) is 8.45. The van der Waals surface area contributed by atoms with Gasteiger partial charge in [-0.15, -0.1) is 0 Å². The summed E-state index contributed by atoms with van der Waals surface area (Å²) in [5.41, 5.74) is 3.39. The molecule has 8 nitrogen and oxygen atoms in total. The monoisotopic (exact) mass is 557 g/mol. The molecule has 0 radical (unpaired) electrons. The number of amides is 2. The number of ether oxygens (including phenoxy) is 1. The summed E-state index contributed by atoms with van der Waals surface area (Å²) < 4.78 is 31.9. The minimum Gasteiger partial charge on any atom is -0.497 e. The molecule has 0 unspecified atom stereocenters. The van der Waals surface area contributed by atoms with E-state index in [9.17, 15) is 18.0 Å². The summed E-state index contributed by atoms with van der Waals surface area (Å²) in [5.74, 6) is 0.320. The molecule has 1 atom stereocenters. The summed E-state index contributed by atoms with van der Waals surface area (Å²) in [7, 11) is -1.95. The van der Waals surface area contributed by atoms with Gasteiger partial charge in [-0.3, -0.25) is 13.9 Å². The average Bonchev–Trinajstić information content (AvgIpc) is 2.88. The molecule has 9 heteroatoms. The zero-order valence-corrected chi connectivity index (χ0v) is 24.7. The Balaban J connectivity index is 1.75. The number of nitrogens with one attached hydrogen (secondary N) is 1. The van der Waals surface area contributed by atoms with Crippen molar-refractivity contribution in [2.75, 3.05) is 24.2 Å². The molecule has 1 N–H and O–H groups in total. The molecule has 0 saturated heterocycles. The van der Waals surface area contributed by atoms with Gasteiger partial charge in [0.2, 0.25) is 21.8 Å². The van der Waals surface area contributed by atoms with Crippen molar-refractivity contribution in [3.05, 3.63) is 59.2 Å². The summed E-state index contributed by atoms with van der Waals surface area (Å²) >= 11 is 0. The van der Waals surface area contributed by atoms with Crippen LogP contribution in [-0.2, 0) is 26.2 Å². The first kappa shape index (κ1) is 30.5. The summed E-state index contributed by atoms with van der Waals surface area (Å²) in [6.45, 7) is 6.03. The van der Waals surface area contributed by atoms with E-state index in [0.717, 1.165) is 42.4 Å². The van der Waals surface area contributed by atoms with Gasteiger partial charge in [0.25, 0.3) is 0 Å². The molecule has 3 rings (SSSR count). The average molecular weight is 558 g/mol. The van der Waals surface area contributed by atoms with Crippen LogP contribution in [-0.4, -0.2) is 57.1 Å². The van der Waals surface area contributed by atoms with Crippen molar-refractivity contribution in [2.45, 2.75) is 84.3 Å². The topological polar surface area (TPSA) is 96.0 Å². The molecular weight excluding hydrogens is 514 g/mol. The lowest BCUT2D eigenvalue weighted by Crippen LogP contribution is -2.50. The molecule has 214 valence electrons. The Labute approximate surface area is 233 Å². The predicted molar refractivity (Wildman–Crippen MR) is 155 cm³/mol. The number of carbonyl (C=O) groups excluding carboxylic acids is 2. The fourth-order valence-electron chi connectivity index (χ4n) is 5.22. The first-order valence-electron chi connectivity index (χ1n) is 13.8. The Hall–Kier alpha value is -3.07. The molecule has 0 spiro atoms. The second-order valence-electron chi connectivity index (χ2n) is 10.7. The fourth-order valence-corrected chi connectivity index (χ4v) is 6.17. The van der Waals surface area contributed by atoms with Gasteiger partial charge in [0.05, 0.1) is 19.1 Å². The van der Waals surface area contributed by atoms with Crippen molar-refractivity contribution >= 4 is 27.5 Å². The number of rotatable bonds is 12. The van der Waals surface area contributed by atoms with E-state index in [1.807, 2.05) is 56.3 Å². The van der Waals surface area contributed by atoms with Crippen LogP contribution in [0.1, 0.15) is 68.6 Å². The lowest BCUT2D eigenvalue weighted by molar-refractivity contribution is -0.141. The third-order valence-electron chi connectivity index (χ3n) is 7.25. The van der Waals surface area contributed by atoms with Gasteiger partial charge in [0.1, 0.15) is 11.8 Å². The van der Waals surface area contributed by atoms with E-state index >= 15 is 0 Å². The van der Waals surface area contributed by atoms with Crippen LogP contribution in [0.5, 0.6) is 5.75 Å². The molecule has 2 aromatic rings. The van der Waals surface area contributed by atoms with Gasteiger partial charge < -0.3 is 15.0 Å². The molecule has 1 saturated carbocycles. The van der Waals surface area contributed by atoms with E-state index in [-0.39, 0.29) is 37.4 Å². The van der Waals surface area contributed by atoms with E-state index < -0.39 is 16.1 Å². The molecule has 2 aromatic carbocycles. The summed E-state index contributed by atoms with van der Waals surface area (Å²) in [6.07, 6.45) is 6.93. The smallest absolute Gasteiger partial charge is 0.242 e. The van der Waals surface area contributed by atoms with Gasteiger partial charge in [0, 0.05) is 25.6 Å². The predicted octanol–water partition coefficient (Wildman–Crippen LogP) is 4.72. The Bertz CT molecular complexity index is 1220. The van der Waals surface area contributed by atoms with E-state index in [1.54, 1.807) is 18.9 Å². The fraction of sp³-hybridized carbons (Fsp3) is 0.533. The van der Waals surface area contributed by atoms with Crippen LogP contribution >= 0.6 is 0 Å². The van der Waals surface area contributed by atoms with Crippen LogP contribution in [0.4, 0.5) is 5.69 Å². The van der Waals surface area contributed by atoms with E-state index in [1.165, 1.54) is 17.0 Å². The lowest BCUT2D eigenvalue weighted by atomic mass is 9.95. The number of hydrogen-bond acceptors (Lipinski definition) is 5. The lowest BCUT2D eigenvalue weighted by Gasteiger charge is -2.31. The van der Waals surface area contributed by atoms with Crippen LogP contribution in [0.2, 0.25) is 0 Å². The minimum absolute atomic E-state index is 0.113. The highest BCUT2D eigenvalue weighted by Gasteiger charge is 2.28. The first-order valence-corrected chi connectivity index (χ1v) is 15.6. The van der Waals surface area contributed by atoms with E-state index in [4.69, 9.17) is 4.74 Å². The Morgan fingerprint density at radius 1 is 1.05 bits per heavy atom. The number of sulfonamides is 1. The third kappa shape index (κ3) is 8.98. The Morgan fingerprint density at radius 2 is 1.72 bits per heavy atom. The summed E-state index contributed by atoms with van der Waals surface area (Å²) in [5, 5.41) is 3.14. The number of methoxy groups -OCH3 is 1. The molecule has 1 fully saturated rings. The second-order valence-corrected chi connectivity index (χ2v) is 12.6. The van der Waals surface area contributed by atoms with Crippen molar-refractivity contribution in [2.24, 2.45) is 0 Å². The van der Waals surface area contributed by atoms with E-state index in [2.05, 4.69) is 5.32 Å². The Morgan fingerprint density at radius 3 is 2.33 bits per heavy atom. The van der Waals surface area contributed by atoms with Gasteiger partial charge >= 0.3 is 0 Å². The summed E-state index contributed by atoms with van der Waals surface area (Å²) in [6, 6.07) is 12.6. The van der Waals surface area contributed by atoms with Crippen molar-refractivity contribution < 1.29 is 22.7 Å². The van der Waals surface area contributed by atoms with Gasteiger partial charge in [-0.05, 0) is 81.0 Å². The van der Waals surface area contributed by atoms with Crippen molar-refractivity contribution in [3.63, 3.8) is 0 Å². The minimum atomic E-state index is -3.54. The maximum Gasteiger partial charge on any atom is 0.242 e. The van der Waals surface area contributed by atoms with Crippen LogP contribution in [0.3, 0.4) is 0 Å². The molecule has 39 heavy (non-hydrogen) atoms. The molecule has 2 amide bonds. The van der Waals surface area contributed by atoms with Crippen LogP contribution in [0.25, 0.3) is 0 Å². The zero-order chi connectivity index (χ0) is 28.6.